The van der Waals surface area contributed by atoms with E-state index in [1.807, 2.05) is 61.5 Å². The summed E-state index contributed by atoms with van der Waals surface area (Å²) in [5.41, 5.74) is 10.7. The number of amides is 1. The predicted molar refractivity (Wildman–Crippen MR) is 156 cm³/mol. The highest BCUT2D eigenvalue weighted by Gasteiger charge is 2.33. The minimum atomic E-state index is -0.113. The number of aromatic nitrogens is 6. The summed E-state index contributed by atoms with van der Waals surface area (Å²) in [5, 5.41) is 15.9. The first-order valence-electron chi connectivity index (χ1n) is 13.7. The number of carbonyl (C=O) groups is 1. The second-order valence-electron chi connectivity index (χ2n) is 10.5. The Morgan fingerprint density at radius 3 is 2.66 bits per heavy atom. The number of hydrogen-bond acceptors (Lipinski definition) is 9. The van der Waals surface area contributed by atoms with Gasteiger partial charge in [0.05, 0.1) is 17.4 Å². The zero-order valence-electron chi connectivity index (χ0n) is 23.3. The van der Waals surface area contributed by atoms with Crippen molar-refractivity contribution < 1.29 is 9.21 Å². The number of aryl methyl sites for hydroxylation is 2. The molecule has 0 bridgehead atoms. The Morgan fingerprint density at radius 1 is 1.15 bits per heavy atom. The van der Waals surface area contributed by atoms with Gasteiger partial charge in [-0.2, -0.15) is 5.10 Å². The maximum absolute atomic E-state index is 14.0. The first-order valence-corrected chi connectivity index (χ1v) is 14.6. The van der Waals surface area contributed by atoms with Gasteiger partial charge in [0.25, 0.3) is 11.8 Å². The van der Waals surface area contributed by atoms with Crippen LogP contribution >= 0.6 is 11.3 Å². The Bertz CT molecular complexity index is 1660. The summed E-state index contributed by atoms with van der Waals surface area (Å²) in [7, 11) is 1.84. The molecular weight excluding hydrogens is 536 g/mol. The number of nitrogens with zero attached hydrogens (tertiary/aromatic N) is 7. The summed E-state index contributed by atoms with van der Waals surface area (Å²) < 4.78 is 7.86. The van der Waals surface area contributed by atoms with E-state index < -0.39 is 0 Å². The van der Waals surface area contributed by atoms with Gasteiger partial charge in [-0.15, -0.1) is 21.5 Å². The lowest BCUT2D eigenvalue weighted by Crippen LogP contribution is -2.30. The highest BCUT2D eigenvalue weighted by atomic mass is 32.1. The largest absolute Gasteiger partial charge is 0.419 e. The minimum absolute atomic E-state index is 0.0111. The van der Waals surface area contributed by atoms with Crippen molar-refractivity contribution >= 4 is 17.2 Å². The van der Waals surface area contributed by atoms with Crippen LogP contribution in [0.3, 0.4) is 0 Å². The molecule has 10 nitrogen and oxygen atoms in total. The standard InChI is InChI=1S/C30H32N8O2S/c1-18-17-41-29(33-18)26-10-7-13-38(26)30(39)21-14-23(25-11-12-32-37(25)3)34-24(15-21)28-36-35-27(40-28)16-22(19(2)31)20-8-5-4-6-9-20/h4-6,8-9,11-12,14-15,17,19,22,26H,7,10,13,16,31H2,1-3H3/t19-,22?,26-/m1/s1. The number of pyridine rings is 1. The van der Waals surface area contributed by atoms with Crippen LogP contribution in [0.2, 0.25) is 0 Å². The van der Waals surface area contributed by atoms with Crippen molar-refractivity contribution in [3.63, 3.8) is 0 Å². The number of hydrogen-bond donors (Lipinski definition) is 1. The van der Waals surface area contributed by atoms with E-state index in [1.165, 1.54) is 0 Å². The van der Waals surface area contributed by atoms with Crippen molar-refractivity contribution in [2.45, 2.75) is 51.1 Å². The SMILES string of the molecule is Cc1csc([C@H]2CCCN2C(=O)c2cc(-c3nnc(CC(c4ccccc4)[C@@H](C)N)o3)nc(-c3ccnn3C)c2)n1. The zero-order chi connectivity index (χ0) is 28.5. The van der Waals surface area contributed by atoms with Crippen molar-refractivity contribution in [3.8, 4) is 23.0 Å². The van der Waals surface area contributed by atoms with Gasteiger partial charge in [0.15, 0.2) is 0 Å². The van der Waals surface area contributed by atoms with Gasteiger partial charge >= 0.3 is 0 Å². The fourth-order valence-corrected chi connectivity index (χ4v) is 6.36. The monoisotopic (exact) mass is 568 g/mol. The second-order valence-corrected chi connectivity index (χ2v) is 11.4. The predicted octanol–water partition coefficient (Wildman–Crippen LogP) is 4.95. The van der Waals surface area contributed by atoms with Crippen molar-refractivity contribution in [3.05, 3.63) is 87.8 Å². The molecule has 0 aliphatic carbocycles. The molecule has 4 aromatic heterocycles. The Hall–Kier alpha value is -4.22. The quantitative estimate of drug-likeness (QED) is 0.278. The molecule has 0 spiro atoms. The summed E-state index contributed by atoms with van der Waals surface area (Å²) in [6.07, 6.45) is 4.01. The lowest BCUT2D eigenvalue weighted by atomic mass is 9.90. The lowest BCUT2D eigenvalue weighted by molar-refractivity contribution is 0.0735. The molecule has 6 rings (SSSR count). The Morgan fingerprint density at radius 2 is 1.95 bits per heavy atom. The molecule has 1 aliphatic heterocycles. The fourth-order valence-electron chi connectivity index (χ4n) is 5.41. The normalized spacial score (nSPS) is 16.7. The minimum Gasteiger partial charge on any atom is -0.419 e. The van der Waals surface area contributed by atoms with E-state index in [2.05, 4.69) is 32.4 Å². The fraction of sp³-hybridized carbons (Fsp3) is 0.333. The number of nitrogens with two attached hydrogens (primary N) is 1. The van der Waals surface area contributed by atoms with Crippen LogP contribution in [0.1, 0.15) is 64.2 Å². The van der Waals surface area contributed by atoms with E-state index in [9.17, 15) is 4.79 Å². The number of thiazole rings is 1. The molecule has 1 unspecified atom stereocenters. The van der Waals surface area contributed by atoms with E-state index >= 15 is 0 Å². The molecule has 1 amide bonds. The molecule has 41 heavy (non-hydrogen) atoms. The van der Waals surface area contributed by atoms with Crippen LogP contribution in [0.4, 0.5) is 0 Å². The smallest absolute Gasteiger partial charge is 0.266 e. The number of carbonyl (C=O) groups excluding carboxylic acids is 1. The molecule has 11 heteroatoms. The van der Waals surface area contributed by atoms with Gasteiger partial charge in [-0.25, -0.2) is 9.97 Å². The van der Waals surface area contributed by atoms with Crippen molar-refractivity contribution in [1.82, 2.24) is 34.8 Å². The third-order valence-electron chi connectivity index (χ3n) is 7.53. The number of benzene rings is 1. The van der Waals surface area contributed by atoms with Crippen molar-refractivity contribution in [1.29, 1.82) is 0 Å². The van der Waals surface area contributed by atoms with Crippen LogP contribution in [0.5, 0.6) is 0 Å². The Labute approximate surface area is 242 Å². The first-order chi connectivity index (χ1) is 19.9. The maximum atomic E-state index is 14.0. The van der Waals surface area contributed by atoms with Gasteiger partial charge in [-0.05, 0) is 50.5 Å². The Kier molecular flexibility index (Phi) is 7.46. The first kappa shape index (κ1) is 27.0. The summed E-state index contributed by atoms with van der Waals surface area (Å²) in [4.78, 5) is 25.4. The molecule has 1 aliphatic rings. The van der Waals surface area contributed by atoms with E-state index in [0.717, 1.165) is 34.8 Å². The summed E-state index contributed by atoms with van der Waals surface area (Å²) in [6, 6.07) is 15.3. The molecule has 1 saturated heterocycles. The molecule has 0 radical (unpaired) electrons. The van der Waals surface area contributed by atoms with E-state index in [0.29, 0.717) is 35.8 Å². The van der Waals surface area contributed by atoms with Gasteiger partial charge < -0.3 is 15.1 Å². The zero-order valence-corrected chi connectivity index (χ0v) is 24.1. The Balaban J connectivity index is 1.35. The van der Waals surface area contributed by atoms with Crippen LogP contribution in [-0.4, -0.2) is 53.3 Å². The lowest BCUT2D eigenvalue weighted by Gasteiger charge is -2.23. The van der Waals surface area contributed by atoms with E-state index in [1.54, 1.807) is 28.3 Å². The van der Waals surface area contributed by atoms with Gasteiger partial charge in [0.2, 0.25) is 5.89 Å². The van der Waals surface area contributed by atoms with Gasteiger partial charge in [0.1, 0.15) is 10.7 Å². The van der Waals surface area contributed by atoms with Gasteiger partial charge in [0, 0.05) is 54.8 Å². The topological polar surface area (TPSA) is 129 Å². The third kappa shape index (κ3) is 5.55. The molecule has 5 heterocycles. The molecule has 1 fully saturated rings. The molecule has 0 saturated carbocycles. The van der Waals surface area contributed by atoms with Crippen LogP contribution in [-0.2, 0) is 13.5 Å². The van der Waals surface area contributed by atoms with Crippen LogP contribution in [0, 0.1) is 6.92 Å². The highest BCUT2D eigenvalue weighted by Crippen LogP contribution is 2.36. The van der Waals surface area contributed by atoms with Gasteiger partial charge in [-0.3, -0.25) is 9.48 Å². The molecule has 210 valence electrons. The summed E-state index contributed by atoms with van der Waals surface area (Å²) >= 11 is 1.60. The molecular formula is C30H32N8O2S. The summed E-state index contributed by atoms with van der Waals surface area (Å²) in [6.45, 7) is 4.62. The van der Waals surface area contributed by atoms with E-state index in [4.69, 9.17) is 15.1 Å². The van der Waals surface area contributed by atoms with Crippen LogP contribution < -0.4 is 5.73 Å². The second kappa shape index (κ2) is 11.3. The van der Waals surface area contributed by atoms with E-state index in [-0.39, 0.29) is 29.8 Å². The van der Waals surface area contributed by atoms with Crippen molar-refractivity contribution in [2.24, 2.45) is 12.8 Å². The van der Waals surface area contributed by atoms with Crippen LogP contribution in [0.25, 0.3) is 23.0 Å². The molecule has 5 aromatic rings. The number of rotatable bonds is 8. The molecule has 3 atom stereocenters. The number of likely N-dealkylation sites (tertiary alicyclic amines) is 1. The molecule has 2 N–H and O–H groups in total. The third-order valence-corrected chi connectivity index (χ3v) is 8.60. The molecule has 1 aromatic carbocycles. The average Bonchev–Trinajstić information content (AvgIpc) is 3.79. The van der Waals surface area contributed by atoms with Crippen LogP contribution in [0.15, 0.2) is 64.5 Å². The van der Waals surface area contributed by atoms with Gasteiger partial charge in [-0.1, -0.05) is 30.3 Å². The average molecular weight is 569 g/mol. The summed E-state index contributed by atoms with van der Waals surface area (Å²) in [5.74, 6) is 0.652. The van der Waals surface area contributed by atoms with Crippen molar-refractivity contribution in [2.75, 3.05) is 6.54 Å². The highest BCUT2D eigenvalue weighted by molar-refractivity contribution is 7.09. The maximum Gasteiger partial charge on any atom is 0.266 e.